The Bertz CT molecular complexity index is 632. The molecule has 1 atom stereocenters. The molecular formula is C13H15N3O2. The molecule has 5 heteroatoms. The van der Waals surface area contributed by atoms with Crippen LogP contribution in [-0.2, 0) is 6.54 Å². The number of carbonyl (C=O) groups is 1. The monoisotopic (exact) mass is 245 g/mol. The summed E-state index contributed by atoms with van der Waals surface area (Å²) in [4.78, 5) is 17.1. The fraction of sp³-hybridized carbons (Fsp3) is 0.385. The summed E-state index contributed by atoms with van der Waals surface area (Å²) in [5.74, 6) is 0. The van der Waals surface area contributed by atoms with Crippen molar-refractivity contribution in [1.82, 2.24) is 14.5 Å². The van der Waals surface area contributed by atoms with E-state index in [1.165, 1.54) is 4.90 Å². The van der Waals surface area contributed by atoms with Crippen molar-refractivity contribution in [3.63, 3.8) is 0 Å². The van der Waals surface area contributed by atoms with Crippen molar-refractivity contribution in [1.29, 1.82) is 0 Å². The number of aromatic nitrogens is 2. The second-order valence-corrected chi connectivity index (χ2v) is 4.88. The van der Waals surface area contributed by atoms with Gasteiger partial charge < -0.3 is 14.6 Å². The third-order valence-electron chi connectivity index (χ3n) is 3.45. The fourth-order valence-electron chi connectivity index (χ4n) is 2.66. The van der Waals surface area contributed by atoms with Gasteiger partial charge in [0.15, 0.2) is 0 Å². The van der Waals surface area contributed by atoms with Gasteiger partial charge in [-0.15, -0.1) is 0 Å². The van der Waals surface area contributed by atoms with Gasteiger partial charge in [0.25, 0.3) is 0 Å². The molecule has 0 aliphatic carbocycles. The maximum absolute atomic E-state index is 11.1. The van der Waals surface area contributed by atoms with Gasteiger partial charge >= 0.3 is 6.09 Å². The summed E-state index contributed by atoms with van der Waals surface area (Å²) in [6, 6.07) is 6.18. The molecule has 5 nitrogen and oxygen atoms in total. The second-order valence-electron chi connectivity index (χ2n) is 4.88. The van der Waals surface area contributed by atoms with E-state index in [9.17, 15) is 4.79 Å². The Hall–Kier alpha value is -2.04. The molecule has 0 saturated carbocycles. The zero-order valence-electron chi connectivity index (χ0n) is 10.4. The lowest BCUT2D eigenvalue weighted by Gasteiger charge is -2.31. The molecule has 0 spiro atoms. The minimum atomic E-state index is -0.859. The van der Waals surface area contributed by atoms with E-state index in [0.29, 0.717) is 13.1 Å². The molecule has 1 amide bonds. The molecule has 0 radical (unpaired) electrons. The molecule has 18 heavy (non-hydrogen) atoms. The van der Waals surface area contributed by atoms with Crippen LogP contribution in [0.5, 0.6) is 0 Å². The minimum Gasteiger partial charge on any atom is -0.465 e. The van der Waals surface area contributed by atoms with E-state index in [1.54, 1.807) is 0 Å². The summed E-state index contributed by atoms with van der Waals surface area (Å²) < 4.78 is 2.15. The number of rotatable bonds is 0. The van der Waals surface area contributed by atoms with Gasteiger partial charge in [-0.2, -0.15) is 0 Å². The Morgan fingerprint density at radius 1 is 1.50 bits per heavy atom. The van der Waals surface area contributed by atoms with Gasteiger partial charge in [0.05, 0.1) is 12.6 Å². The predicted molar refractivity (Wildman–Crippen MR) is 67.6 cm³/mol. The number of amides is 1. The first kappa shape index (κ1) is 11.1. The fourth-order valence-corrected chi connectivity index (χ4v) is 2.66. The third kappa shape index (κ3) is 1.54. The molecule has 0 aromatic carbocycles. The number of carboxylic acid groups (broad SMARTS) is 1. The lowest BCUT2D eigenvalue weighted by molar-refractivity contribution is 0.125. The number of hydrogen-bond acceptors (Lipinski definition) is 2. The van der Waals surface area contributed by atoms with Crippen molar-refractivity contribution in [3.05, 3.63) is 29.6 Å². The number of hydrogen-bond donors (Lipinski definition) is 1. The number of nitrogens with zero attached hydrogens (tertiary/aromatic N) is 3. The summed E-state index contributed by atoms with van der Waals surface area (Å²) in [7, 11) is 0. The van der Waals surface area contributed by atoms with Crippen molar-refractivity contribution in [2.24, 2.45) is 0 Å². The van der Waals surface area contributed by atoms with Crippen LogP contribution in [0.4, 0.5) is 4.79 Å². The molecule has 1 aliphatic rings. The van der Waals surface area contributed by atoms with E-state index >= 15 is 0 Å². The van der Waals surface area contributed by atoms with E-state index in [-0.39, 0.29) is 6.04 Å². The summed E-state index contributed by atoms with van der Waals surface area (Å²) in [5, 5.41) is 10.2. The predicted octanol–water partition coefficient (Wildman–Crippen LogP) is 2.40. The van der Waals surface area contributed by atoms with Crippen molar-refractivity contribution >= 4 is 17.1 Å². The molecule has 1 N–H and O–H groups in total. The smallest absolute Gasteiger partial charge is 0.407 e. The summed E-state index contributed by atoms with van der Waals surface area (Å²) in [6.07, 6.45) is -0.859. The molecule has 3 heterocycles. The Morgan fingerprint density at radius 2 is 2.28 bits per heavy atom. The number of fused-ring (bicyclic) bond motifs is 3. The van der Waals surface area contributed by atoms with Crippen LogP contribution in [-0.4, -0.2) is 32.2 Å². The topological polar surface area (TPSA) is 58.4 Å². The van der Waals surface area contributed by atoms with Crippen LogP contribution in [0, 0.1) is 6.92 Å². The molecule has 1 aliphatic heterocycles. The van der Waals surface area contributed by atoms with E-state index in [0.717, 1.165) is 22.4 Å². The second kappa shape index (κ2) is 3.73. The SMILES string of the molecule is Cc1ccc2cc3n(c2n1)[C@H](C)CN(C(=O)O)C3. The molecule has 3 rings (SSSR count). The lowest BCUT2D eigenvalue weighted by Crippen LogP contribution is -2.39. The van der Waals surface area contributed by atoms with E-state index in [2.05, 4.69) is 9.55 Å². The first-order chi connectivity index (χ1) is 8.56. The normalized spacial score (nSPS) is 19.0. The molecule has 0 fully saturated rings. The number of pyridine rings is 1. The Balaban J connectivity index is 2.16. The highest BCUT2D eigenvalue weighted by molar-refractivity contribution is 5.78. The van der Waals surface area contributed by atoms with Crippen LogP contribution in [0.15, 0.2) is 18.2 Å². The molecule has 94 valence electrons. The summed E-state index contributed by atoms with van der Waals surface area (Å²) in [6.45, 7) is 4.95. The molecular weight excluding hydrogens is 230 g/mol. The molecule has 0 unspecified atom stereocenters. The van der Waals surface area contributed by atoms with E-state index in [1.807, 2.05) is 32.0 Å². The van der Waals surface area contributed by atoms with Gasteiger partial charge in [-0.1, -0.05) is 0 Å². The Morgan fingerprint density at radius 3 is 3.00 bits per heavy atom. The third-order valence-corrected chi connectivity index (χ3v) is 3.45. The standard InChI is InChI=1S/C13H15N3O2/c1-8-3-4-10-5-11-7-15(13(17)18)6-9(2)16(11)12(10)14-8/h3-5,9H,6-7H2,1-2H3,(H,17,18)/t9-/m1/s1. The largest absolute Gasteiger partial charge is 0.465 e. The average molecular weight is 245 g/mol. The van der Waals surface area contributed by atoms with Crippen molar-refractivity contribution < 1.29 is 9.90 Å². The average Bonchev–Trinajstić information content (AvgIpc) is 2.66. The van der Waals surface area contributed by atoms with Crippen LogP contribution >= 0.6 is 0 Å². The Kier molecular flexibility index (Phi) is 2.29. The van der Waals surface area contributed by atoms with Crippen LogP contribution < -0.4 is 0 Å². The maximum Gasteiger partial charge on any atom is 0.407 e. The number of aryl methyl sites for hydroxylation is 1. The minimum absolute atomic E-state index is 0.122. The van der Waals surface area contributed by atoms with Gasteiger partial charge in [0.1, 0.15) is 5.65 Å². The Labute approximate surface area is 105 Å². The van der Waals surface area contributed by atoms with Crippen molar-refractivity contribution in [2.45, 2.75) is 26.4 Å². The zero-order chi connectivity index (χ0) is 12.9. The molecule has 2 aromatic rings. The highest BCUT2D eigenvalue weighted by atomic mass is 16.4. The first-order valence-electron chi connectivity index (χ1n) is 6.01. The highest BCUT2D eigenvalue weighted by Crippen LogP contribution is 2.28. The maximum atomic E-state index is 11.1. The quantitative estimate of drug-likeness (QED) is 0.775. The lowest BCUT2D eigenvalue weighted by atomic mass is 10.2. The van der Waals surface area contributed by atoms with Crippen molar-refractivity contribution in [3.8, 4) is 0 Å². The van der Waals surface area contributed by atoms with Gasteiger partial charge in [0.2, 0.25) is 0 Å². The van der Waals surface area contributed by atoms with Gasteiger partial charge in [-0.3, -0.25) is 0 Å². The van der Waals surface area contributed by atoms with Crippen LogP contribution in [0.1, 0.15) is 24.4 Å². The molecule has 0 bridgehead atoms. The van der Waals surface area contributed by atoms with E-state index < -0.39 is 6.09 Å². The summed E-state index contributed by atoms with van der Waals surface area (Å²) in [5.41, 5.74) is 2.96. The van der Waals surface area contributed by atoms with Crippen LogP contribution in [0.3, 0.4) is 0 Å². The molecule has 2 aromatic heterocycles. The van der Waals surface area contributed by atoms with Crippen LogP contribution in [0.25, 0.3) is 11.0 Å². The first-order valence-corrected chi connectivity index (χ1v) is 6.01. The van der Waals surface area contributed by atoms with Crippen molar-refractivity contribution in [2.75, 3.05) is 6.54 Å². The summed E-state index contributed by atoms with van der Waals surface area (Å²) >= 11 is 0. The van der Waals surface area contributed by atoms with Gasteiger partial charge in [0, 0.05) is 23.3 Å². The van der Waals surface area contributed by atoms with Gasteiger partial charge in [-0.05, 0) is 32.0 Å². The zero-order valence-corrected chi connectivity index (χ0v) is 10.4. The highest BCUT2D eigenvalue weighted by Gasteiger charge is 2.27. The molecule has 0 saturated heterocycles. The van der Waals surface area contributed by atoms with Gasteiger partial charge in [-0.25, -0.2) is 9.78 Å². The van der Waals surface area contributed by atoms with E-state index in [4.69, 9.17) is 5.11 Å². The van der Waals surface area contributed by atoms with Crippen LogP contribution in [0.2, 0.25) is 0 Å².